The van der Waals surface area contributed by atoms with Gasteiger partial charge in [-0.2, -0.15) is 0 Å². The zero-order valence-corrected chi connectivity index (χ0v) is 9.74. The van der Waals surface area contributed by atoms with Gasteiger partial charge in [0.25, 0.3) is 5.69 Å². The van der Waals surface area contributed by atoms with E-state index in [0.717, 1.165) is 0 Å². The molecule has 1 aromatic carbocycles. The molecule has 0 saturated carbocycles. The van der Waals surface area contributed by atoms with Gasteiger partial charge in [-0.15, -0.1) is 11.8 Å². The number of benzene rings is 1. The van der Waals surface area contributed by atoms with Crippen molar-refractivity contribution in [1.29, 1.82) is 0 Å². The maximum Gasteiger partial charge on any atom is 0.338 e. The quantitative estimate of drug-likeness (QED) is 0.350. The van der Waals surface area contributed by atoms with Crippen LogP contribution in [0.3, 0.4) is 0 Å². The minimum Gasteiger partial charge on any atom is -0.462 e. The molecule has 0 atom stereocenters. The minimum atomic E-state index is -0.543. The number of thioether (sulfide) groups is 1. The van der Waals surface area contributed by atoms with E-state index in [2.05, 4.69) is 0 Å². The summed E-state index contributed by atoms with van der Waals surface area (Å²) in [6.45, 7) is 1.93. The van der Waals surface area contributed by atoms with Crippen molar-refractivity contribution in [3.63, 3.8) is 0 Å². The van der Waals surface area contributed by atoms with Crippen molar-refractivity contribution in [2.75, 3.05) is 12.9 Å². The van der Waals surface area contributed by atoms with E-state index in [0.29, 0.717) is 4.90 Å². The predicted octanol–water partition coefficient (Wildman–Crippen LogP) is 2.49. The standard InChI is InChI=1S/C10H11NO4S/c1-3-15-10(12)7-4-5-9(16-2)8(6-7)11(13)14/h4-6H,3H2,1-2H3. The molecule has 0 aromatic heterocycles. The van der Waals surface area contributed by atoms with Gasteiger partial charge < -0.3 is 4.74 Å². The first-order valence-electron chi connectivity index (χ1n) is 4.59. The number of nitrogens with zero attached hydrogens (tertiary/aromatic N) is 1. The normalized spacial score (nSPS) is 9.88. The molecule has 1 rings (SSSR count). The summed E-state index contributed by atoms with van der Waals surface area (Å²) in [6, 6.07) is 4.32. The Morgan fingerprint density at radius 3 is 2.75 bits per heavy atom. The third-order valence-corrected chi connectivity index (χ3v) is 2.67. The van der Waals surface area contributed by atoms with Gasteiger partial charge in [-0.05, 0) is 25.3 Å². The van der Waals surface area contributed by atoms with Gasteiger partial charge in [0.15, 0.2) is 0 Å². The second-order valence-electron chi connectivity index (χ2n) is 2.86. The smallest absolute Gasteiger partial charge is 0.338 e. The molecule has 0 spiro atoms. The fourth-order valence-electron chi connectivity index (χ4n) is 1.17. The summed E-state index contributed by atoms with van der Waals surface area (Å²) in [5, 5.41) is 10.8. The molecule has 0 aliphatic heterocycles. The van der Waals surface area contributed by atoms with Crippen molar-refractivity contribution in [2.24, 2.45) is 0 Å². The highest BCUT2D eigenvalue weighted by molar-refractivity contribution is 7.98. The van der Waals surface area contributed by atoms with Crippen molar-refractivity contribution < 1.29 is 14.5 Å². The molecular weight excluding hydrogens is 230 g/mol. The van der Waals surface area contributed by atoms with Crippen molar-refractivity contribution in [3.05, 3.63) is 33.9 Å². The zero-order valence-electron chi connectivity index (χ0n) is 8.93. The SMILES string of the molecule is CCOC(=O)c1ccc(SC)c([N+](=O)[O-])c1. The number of hydrogen-bond donors (Lipinski definition) is 0. The number of hydrogen-bond acceptors (Lipinski definition) is 5. The lowest BCUT2D eigenvalue weighted by Gasteiger charge is -2.03. The first-order chi connectivity index (χ1) is 7.60. The molecule has 1 aromatic rings. The molecule has 16 heavy (non-hydrogen) atoms. The number of carbonyl (C=O) groups is 1. The van der Waals surface area contributed by atoms with Gasteiger partial charge in [-0.1, -0.05) is 0 Å². The largest absolute Gasteiger partial charge is 0.462 e. The van der Waals surface area contributed by atoms with Gasteiger partial charge in [-0.25, -0.2) is 4.79 Å². The summed E-state index contributed by atoms with van der Waals surface area (Å²) in [5.41, 5.74) is 0.129. The first-order valence-corrected chi connectivity index (χ1v) is 5.82. The average molecular weight is 241 g/mol. The predicted molar refractivity (Wildman–Crippen MR) is 60.8 cm³/mol. The molecular formula is C10H11NO4S. The van der Waals surface area contributed by atoms with E-state index in [9.17, 15) is 14.9 Å². The van der Waals surface area contributed by atoms with Crippen LogP contribution in [0, 0.1) is 10.1 Å². The summed E-state index contributed by atoms with van der Waals surface area (Å²) in [5.74, 6) is -0.543. The van der Waals surface area contributed by atoms with Gasteiger partial charge in [0.1, 0.15) is 0 Å². The topological polar surface area (TPSA) is 69.4 Å². The number of esters is 1. The molecule has 0 amide bonds. The molecule has 86 valence electrons. The van der Waals surface area contributed by atoms with Gasteiger partial charge in [0.05, 0.1) is 22.0 Å². The van der Waals surface area contributed by atoms with E-state index in [-0.39, 0.29) is 17.9 Å². The van der Waals surface area contributed by atoms with E-state index in [4.69, 9.17) is 4.74 Å². The van der Waals surface area contributed by atoms with Crippen LogP contribution in [0.5, 0.6) is 0 Å². The highest BCUT2D eigenvalue weighted by Crippen LogP contribution is 2.28. The number of nitro benzene ring substituents is 1. The van der Waals surface area contributed by atoms with Gasteiger partial charge in [0.2, 0.25) is 0 Å². The van der Waals surface area contributed by atoms with Crippen LogP contribution in [0.4, 0.5) is 5.69 Å². The van der Waals surface area contributed by atoms with Gasteiger partial charge in [0, 0.05) is 6.07 Å². The molecule has 0 fully saturated rings. The second kappa shape index (κ2) is 5.50. The number of ether oxygens (including phenoxy) is 1. The summed E-state index contributed by atoms with van der Waals surface area (Å²) in [7, 11) is 0. The van der Waals surface area contributed by atoms with Crippen LogP contribution in [-0.2, 0) is 4.74 Å². The lowest BCUT2D eigenvalue weighted by atomic mass is 10.2. The molecule has 0 radical (unpaired) electrons. The third kappa shape index (κ3) is 2.73. The Balaban J connectivity index is 3.11. The van der Waals surface area contributed by atoms with Crippen LogP contribution in [-0.4, -0.2) is 23.8 Å². The van der Waals surface area contributed by atoms with Crippen molar-refractivity contribution in [3.8, 4) is 0 Å². The van der Waals surface area contributed by atoms with Crippen LogP contribution in [0.15, 0.2) is 23.1 Å². The molecule has 0 heterocycles. The maximum absolute atomic E-state index is 11.4. The van der Waals surface area contributed by atoms with Crippen LogP contribution in [0.1, 0.15) is 17.3 Å². The summed E-state index contributed by atoms with van der Waals surface area (Å²) >= 11 is 1.26. The highest BCUT2D eigenvalue weighted by Gasteiger charge is 2.17. The molecule has 0 aliphatic carbocycles. The van der Waals surface area contributed by atoms with Gasteiger partial charge in [-0.3, -0.25) is 10.1 Å². The van der Waals surface area contributed by atoms with Crippen LogP contribution >= 0.6 is 11.8 Å². The van der Waals surface area contributed by atoms with E-state index < -0.39 is 10.9 Å². The summed E-state index contributed by atoms with van der Waals surface area (Å²) < 4.78 is 4.77. The molecule has 0 N–H and O–H groups in total. The van der Waals surface area contributed by atoms with E-state index in [1.54, 1.807) is 19.2 Å². The first kappa shape index (κ1) is 12.5. The van der Waals surface area contributed by atoms with Crippen LogP contribution in [0.2, 0.25) is 0 Å². The van der Waals surface area contributed by atoms with E-state index in [1.807, 2.05) is 0 Å². The molecule has 0 aliphatic rings. The van der Waals surface area contributed by atoms with Crippen LogP contribution < -0.4 is 0 Å². The number of nitro groups is 1. The van der Waals surface area contributed by atoms with Crippen molar-refractivity contribution in [1.82, 2.24) is 0 Å². The van der Waals surface area contributed by atoms with E-state index in [1.165, 1.54) is 23.9 Å². The Morgan fingerprint density at radius 2 is 2.25 bits per heavy atom. The Labute approximate surface area is 96.9 Å². The minimum absolute atomic E-state index is 0.0712. The molecule has 0 bridgehead atoms. The van der Waals surface area contributed by atoms with Gasteiger partial charge >= 0.3 is 5.97 Å². The monoisotopic (exact) mass is 241 g/mol. The Bertz CT molecular complexity index is 419. The number of carbonyl (C=O) groups excluding carboxylic acids is 1. The Hall–Kier alpha value is -1.56. The average Bonchev–Trinajstić information content (AvgIpc) is 2.28. The molecule has 5 nitrogen and oxygen atoms in total. The number of rotatable bonds is 4. The Kier molecular flexibility index (Phi) is 4.30. The van der Waals surface area contributed by atoms with Crippen molar-refractivity contribution >= 4 is 23.4 Å². The summed E-state index contributed by atoms with van der Waals surface area (Å²) in [4.78, 5) is 22.1. The fourth-order valence-corrected chi connectivity index (χ4v) is 1.72. The third-order valence-electron chi connectivity index (χ3n) is 1.89. The molecule has 6 heteroatoms. The lowest BCUT2D eigenvalue weighted by molar-refractivity contribution is -0.387. The second-order valence-corrected chi connectivity index (χ2v) is 3.71. The Morgan fingerprint density at radius 1 is 1.56 bits per heavy atom. The van der Waals surface area contributed by atoms with Crippen LogP contribution in [0.25, 0.3) is 0 Å². The lowest BCUT2D eigenvalue weighted by Crippen LogP contribution is -2.05. The molecule has 0 unspecified atom stereocenters. The summed E-state index contributed by atoms with van der Waals surface area (Å²) in [6.07, 6.45) is 1.74. The maximum atomic E-state index is 11.4. The fraction of sp³-hybridized carbons (Fsp3) is 0.300. The van der Waals surface area contributed by atoms with Crippen molar-refractivity contribution in [2.45, 2.75) is 11.8 Å². The molecule has 0 saturated heterocycles. The zero-order chi connectivity index (χ0) is 12.1. The van der Waals surface area contributed by atoms with E-state index >= 15 is 0 Å². The highest BCUT2D eigenvalue weighted by atomic mass is 32.2.